The maximum atomic E-state index is 13.4. The third-order valence-corrected chi connectivity index (χ3v) is 5.40. The quantitative estimate of drug-likeness (QED) is 0.407. The van der Waals surface area contributed by atoms with Crippen molar-refractivity contribution in [3.05, 3.63) is 71.4 Å². The number of hydrogen-bond acceptors (Lipinski definition) is 3. The van der Waals surface area contributed by atoms with E-state index in [1.54, 1.807) is 18.2 Å². The van der Waals surface area contributed by atoms with Gasteiger partial charge in [-0.2, -0.15) is 13.2 Å². The third kappa shape index (κ3) is 6.12. The Hall–Kier alpha value is -3.29. The Morgan fingerprint density at radius 3 is 2.25 bits per heavy atom. The molecule has 0 saturated heterocycles. The SMILES string of the molecule is O=C(CCC1CCCC1)NC(C(=O)O)=C(Oc1ccccc1C(F)(F)F)c1ccccc1. The van der Waals surface area contributed by atoms with E-state index >= 15 is 0 Å². The van der Waals surface area contributed by atoms with Crippen molar-refractivity contribution in [2.45, 2.75) is 44.7 Å². The van der Waals surface area contributed by atoms with Crippen LogP contribution < -0.4 is 10.1 Å². The van der Waals surface area contributed by atoms with Gasteiger partial charge in [-0.25, -0.2) is 4.79 Å². The first-order chi connectivity index (χ1) is 15.3. The van der Waals surface area contributed by atoms with Gasteiger partial charge in [0.05, 0.1) is 5.56 Å². The molecule has 1 amide bonds. The molecule has 2 aromatic rings. The van der Waals surface area contributed by atoms with E-state index in [4.69, 9.17) is 4.74 Å². The number of carbonyl (C=O) groups excluding carboxylic acids is 1. The van der Waals surface area contributed by atoms with Crippen LogP contribution in [0.15, 0.2) is 60.3 Å². The van der Waals surface area contributed by atoms with Crippen molar-refractivity contribution in [1.82, 2.24) is 5.32 Å². The fraction of sp³-hybridized carbons (Fsp3) is 0.333. The minimum Gasteiger partial charge on any atom is -0.476 e. The number of aliphatic carboxylic acids is 1. The maximum Gasteiger partial charge on any atom is 0.419 e. The van der Waals surface area contributed by atoms with Crippen LogP contribution in [0.5, 0.6) is 5.75 Å². The molecule has 170 valence electrons. The molecule has 32 heavy (non-hydrogen) atoms. The van der Waals surface area contributed by atoms with E-state index in [1.807, 2.05) is 0 Å². The fourth-order valence-electron chi connectivity index (χ4n) is 3.79. The number of carboxylic acids is 1. The van der Waals surface area contributed by atoms with Crippen molar-refractivity contribution in [2.24, 2.45) is 5.92 Å². The molecule has 5 nitrogen and oxygen atoms in total. The van der Waals surface area contributed by atoms with Crippen molar-refractivity contribution < 1.29 is 32.6 Å². The van der Waals surface area contributed by atoms with Crippen molar-refractivity contribution in [3.8, 4) is 5.75 Å². The molecule has 8 heteroatoms. The number of amides is 1. The Bertz CT molecular complexity index is 980. The lowest BCUT2D eigenvalue weighted by Crippen LogP contribution is -2.29. The second-order valence-corrected chi connectivity index (χ2v) is 7.71. The lowest BCUT2D eigenvalue weighted by molar-refractivity contribution is -0.138. The number of rotatable bonds is 8. The van der Waals surface area contributed by atoms with Crippen LogP contribution in [-0.2, 0) is 15.8 Å². The molecule has 0 spiro atoms. The first-order valence-electron chi connectivity index (χ1n) is 10.4. The Morgan fingerprint density at radius 2 is 1.62 bits per heavy atom. The molecule has 0 atom stereocenters. The number of carbonyl (C=O) groups is 2. The average Bonchev–Trinajstić information content (AvgIpc) is 3.28. The monoisotopic (exact) mass is 447 g/mol. The van der Waals surface area contributed by atoms with Gasteiger partial charge in [-0.3, -0.25) is 4.79 Å². The lowest BCUT2D eigenvalue weighted by Gasteiger charge is -2.18. The van der Waals surface area contributed by atoms with E-state index in [1.165, 1.54) is 24.3 Å². The van der Waals surface area contributed by atoms with Crippen LogP contribution in [0.2, 0.25) is 0 Å². The Labute approximate surface area is 183 Å². The fourth-order valence-corrected chi connectivity index (χ4v) is 3.79. The van der Waals surface area contributed by atoms with Crippen LogP contribution in [0, 0.1) is 5.92 Å². The molecule has 0 aliphatic heterocycles. The van der Waals surface area contributed by atoms with Crippen LogP contribution in [0.1, 0.15) is 49.7 Å². The zero-order chi connectivity index (χ0) is 23.1. The van der Waals surface area contributed by atoms with E-state index < -0.39 is 35.1 Å². The Balaban J connectivity index is 1.95. The number of ether oxygens (including phenoxy) is 1. The van der Waals surface area contributed by atoms with Crippen LogP contribution in [0.3, 0.4) is 0 Å². The summed E-state index contributed by atoms with van der Waals surface area (Å²) < 4.78 is 45.8. The van der Waals surface area contributed by atoms with Crippen molar-refractivity contribution in [1.29, 1.82) is 0 Å². The minimum absolute atomic E-state index is 0.128. The van der Waals surface area contributed by atoms with Crippen LogP contribution >= 0.6 is 0 Å². The molecule has 0 radical (unpaired) electrons. The first-order valence-corrected chi connectivity index (χ1v) is 10.4. The molecule has 3 rings (SSSR count). The van der Waals surface area contributed by atoms with E-state index in [9.17, 15) is 27.9 Å². The summed E-state index contributed by atoms with van der Waals surface area (Å²) in [5, 5.41) is 12.1. The number of hydrogen-bond donors (Lipinski definition) is 2. The summed E-state index contributed by atoms with van der Waals surface area (Å²) in [6, 6.07) is 12.4. The second kappa shape index (κ2) is 10.3. The number of benzene rings is 2. The van der Waals surface area contributed by atoms with Gasteiger partial charge in [0.2, 0.25) is 5.91 Å². The van der Waals surface area contributed by atoms with Crippen LogP contribution in [0.4, 0.5) is 13.2 Å². The molecule has 1 aliphatic rings. The van der Waals surface area contributed by atoms with Gasteiger partial charge in [-0.15, -0.1) is 0 Å². The Morgan fingerprint density at radius 1 is 1.00 bits per heavy atom. The highest BCUT2D eigenvalue weighted by molar-refractivity contribution is 5.99. The molecule has 0 unspecified atom stereocenters. The predicted molar refractivity (Wildman–Crippen MR) is 112 cm³/mol. The van der Waals surface area contributed by atoms with Gasteiger partial charge >= 0.3 is 12.1 Å². The molecule has 2 aromatic carbocycles. The molecule has 0 heterocycles. The van der Waals surface area contributed by atoms with Gasteiger partial charge < -0.3 is 15.2 Å². The molecule has 2 N–H and O–H groups in total. The molecular weight excluding hydrogens is 423 g/mol. The van der Waals surface area contributed by atoms with E-state index in [-0.39, 0.29) is 17.7 Å². The number of para-hydroxylation sites is 1. The second-order valence-electron chi connectivity index (χ2n) is 7.71. The minimum atomic E-state index is -4.70. The van der Waals surface area contributed by atoms with E-state index in [0.717, 1.165) is 37.8 Å². The maximum absolute atomic E-state index is 13.4. The number of carboxylic acid groups (broad SMARTS) is 1. The topological polar surface area (TPSA) is 75.6 Å². The van der Waals surface area contributed by atoms with E-state index in [0.29, 0.717) is 12.3 Å². The van der Waals surface area contributed by atoms with Gasteiger partial charge in [-0.05, 0) is 24.5 Å². The highest BCUT2D eigenvalue weighted by atomic mass is 19.4. The highest BCUT2D eigenvalue weighted by Crippen LogP contribution is 2.38. The summed E-state index contributed by atoms with van der Waals surface area (Å²) in [5.41, 5.74) is -1.44. The van der Waals surface area contributed by atoms with Crippen molar-refractivity contribution in [3.63, 3.8) is 0 Å². The van der Waals surface area contributed by atoms with Gasteiger partial charge in [0.25, 0.3) is 0 Å². The molecule has 0 aromatic heterocycles. The van der Waals surface area contributed by atoms with E-state index in [2.05, 4.69) is 5.32 Å². The molecule has 1 saturated carbocycles. The first kappa shape index (κ1) is 23.4. The van der Waals surface area contributed by atoms with Crippen LogP contribution in [0.25, 0.3) is 5.76 Å². The molecule has 1 aliphatic carbocycles. The zero-order valence-electron chi connectivity index (χ0n) is 17.3. The molecular formula is C24H24F3NO4. The molecule has 0 bridgehead atoms. The summed E-state index contributed by atoms with van der Waals surface area (Å²) >= 11 is 0. The largest absolute Gasteiger partial charge is 0.476 e. The summed E-state index contributed by atoms with van der Waals surface area (Å²) in [6.45, 7) is 0. The normalized spacial score (nSPS) is 15.2. The van der Waals surface area contributed by atoms with Crippen molar-refractivity contribution >= 4 is 17.6 Å². The van der Waals surface area contributed by atoms with Gasteiger partial charge in [-0.1, -0.05) is 68.1 Å². The van der Waals surface area contributed by atoms with Gasteiger partial charge in [0, 0.05) is 12.0 Å². The lowest BCUT2D eigenvalue weighted by atomic mass is 10.0. The number of nitrogens with one attached hydrogen (secondary N) is 1. The summed E-state index contributed by atoms with van der Waals surface area (Å²) in [5.74, 6) is -2.53. The Kier molecular flexibility index (Phi) is 7.56. The van der Waals surface area contributed by atoms with Gasteiger partial charge in [0.1, 0.15) is 5.75 Å². The molecule has 1 fully saturated rings. The van der Waals surface area contributed by atoms with Crippen molar-refractivity contribution in [2.75, 3.05) is 0 Å². The zero-order valence-corrected chi connectivity index (χ0v) is 17.3. The third-order valence-electron chi connectivity index (χ3n) is 5.40. The smallest absolute Gasteiger partial charge is 0.419 e. The standard InChI is InChI=1S/C24H24F3NO4/c25-24(26,27)18-12-6-7-13-19(18)32-22(17-10-2-1-3-11-17)21(23(30)31)28-20(29)15-14-16-8-4-5-9-16/h1-3,6-7,10-13,16H,4-5,8-9,14-15H2,(H,28,29)(H,30,31). The number of alkyl halides is 3. The predicted octanol–water partition coefficient (Wildman–Crippen LogP) is 5.62. The highest BCUT2D eigenvalue weighted by Gasteiger charge is 2.35. The summed E-state index contributed by atoms with van der Waals surface area (Å²) in [4.78, 5) is 24.5. The van der Waals surface area contributed by atoms with Gasteiger partial charge in [0.15, 0.2) is 11.5 Å². The summed E-state index contributed by atoms with van der Waals surface area (Å²) in [7, 11) is 0. The summed E-state index contributed by atoms with van der Waals surface area (Å²) in [6.07, 6.45) is 0.392. The number of halogens is 3. The van der Waals surface area contributed by atoms with Crippen LogP contribution in [-0.4, -0.2) is 17.0 Å². The average molecular weight is 447 g/mol.